The Bertz CT molecular complexity index is 342. The molecule has 0 saturated heterocycles. The highest BCUT2D eigenvalue weighted by Gasteiger charge is 2.16. The number of halogens is 1. The molecule has 15 heavy (non-hydrogen) atoms. The number of methoxy groups -OCH3 is 1. The Morgan fingerprint density at radius 3 is 2.73 bits per heavy atom. The molecule has 1 unspecified atom stereocenters. The van der Waals surface area contributed by atoms with Crippen LogP contribution in [0.2, 0.25) is 5.02 Å². The molecule has 0 bridgehead atoms. The molecule has 0 aliphatic carbocycles. The average Bonchev–Trinajstić information content (AvgIpc) is 2.22. The van der Waals surface area contributed by atoms with E-state index in [4.69, 9.17) is 22.1 Å². The smallest absolute Gasteiger partial charge is 0.177 e. The van der Waals surface area contributed by atoms with Crippen molar-refractivity contribution in [3.8, 4) is 11.5 Å². The second-order valence-corrected chi connectivity index (χ2v) is 3.90. The second-order valence-electron chi connectivity index (χ2n) is 3.50. The first-order valence-corrected chi connectivity index (χ1v) is 5.25. The molecule has 0 aliphatic rings. The normalized spacial score (nSPS) is 12.5. The largest absolute Gasteiger partial charge is 0.503 e. The maximum atomic E-state index is 9.71. The summed E-state index contributed by atoms with van der Waals surface area (Å²) < 4.78 is 5.15. The maximum absolute atomic E-state index is 9.71. The Labute approximate surface area is 94.8 Å². The molecule has 84 valence electrons. The molecular formula is C11H16ClNO2. The number of hydrogen-bond donors (Lipinski definition) is 2. The van der Waals surface area contributed by atoms with Gasteiger partial charge in [0.25, 0.3) is 0 Å². The molecule has 4 heteroatoms. The van der Waals surface area contributed by atoms with Crippen LogP contribution in [0.5, 0.6) is 11.5 Å². The molecule has 0 aromatic heterocycles. The van der Waals surface area contributed by atoms with E-state index in [0.29, 0.717) is 17.3 Å². The molecule has 0 amide bonds. The van der Waals surface area contributed by atoms with Crippen LogP contribution in [0.25, 0.3) is 0 Å². The standard InChI is InChI=1S/C11H16ClNO2/c1-7(5-6-13)8-3-4-9(12)10(14)11(8)15-2/h3-4,7,14H,5-6,13H2,1-2H3. The van der Waals surface area contributed by atoms with Crippen molar-refractivity contribution in [2.75, 3.05) is 13.7 Å². The third-order valence-electron chi connectivity index (χ3n) is 2.45. The highest BCUT2D eigenvalue weighted by molar-refractivity contribution is 6.32. The predicted molar refractivity (Wildman–Crippen MR) is 61.8 cm³/mol. The van der Waals surface area contributed by atoms with Crippen molar-refractivity contribution in [3.05, 3.63) is 22.7 Å². The van der Waals surface area contributed by atoms with Gasteiger partial charge in [-0.1, -0.05) is 24.6 Å². The summed E-state index contributed by atoms with van der Waals surface area (Å²) in [5, 5.41) is 10.0. The van der Waals surface area contributed by atoms with E-state index < -0.39 is 0 Å². The minimum Gasteiger partial charge on any atom is -0.503 e. The van der Waals surface area contributed by atoms with Crippen molar-refractivity contribution >= 4 is 11.6 Å². The highest BCUT2D eigenvalue weighted by atomic mass is 35.5. The van der Waals surface area contributed by atoms with Crippen LogP contribution in [0.1, 0.15) is 24.8 Å². The van der Waals surface area contributed by atoms with E-state index >= 15 is 0 Å². The molecule has 3 N–H and O–H groups in total. The van der Waals surface area contributed by atoms with E-state index in [1.807, 2.05) is 13.0 Å². The van der Waals surface area contributed by atoms with Crippen LogP contribution >= 0.6 is 11.6 Å². The Kier molecular flexibility index (Phi) is 4.24. The predicted octanol–water partition coefficient (Wildman–Crippen LogP) is 2.51. The fourth-order valence-corrected chi connectivity index (χ4v) is 1.72. The number of phenols is 1. The lowest BCUT2D eigenvalue weighted by atomic mass is 9.96. The van der Waals surface area contributed by atoms with Crippen molar-refractivity contribution in [1.29, 1.82) is 0 Å². The van der Waals surface area contributed by atoms with Gasteiger partial charge in [-0.2, -0.15) is 0 Å². The first kappa shape index (κ1) is 12.1. The van der Waals surface area contributed by atoms with Gasteiger partial charge in [-0.05, 0) is 24.9 Å². The summed E-state index contributed by atoms with van der Waals surface area (Å²) in [5.74, 6) is 0.692. The van der Waals surface area contributed by atoms with Gasteiger partial charge in [0.15, 0.2) is 11.5 Å². The van der Waals surface area contributed by atoms with Crippen LogP contribution in [0.4, 0.5) is 0 Å². The first-order valence-electron chi connectivity index (χ1n) is 4.87. The van der Waals surface area contributed by atoms with Crippen LogP contribution in [0, 0.1) is 0 Å². The minimum atomic E-state index is 0.000498. The third kappa shape index (κ3) is 2.55. The van der Waals surface area contributed by atoms with E-state index in [2.05, 4.69) is 0 Å². The maximum Gasteiger partial charge on any atom is 0.177 e. The Hall–Kier alpha value is -0.930. The molecule has 1 aromatic carbocycles. The molecule has 0 fully saturated rings. The van der Waals surface area contributed by atoms with E-state index in [0.717, 1.165) is 12.0 Å². The summed E-state index contributed by atoms with van der Waals surface area (Å²) in [6, 6.07) is 3.53. The molecule has 3 nitrogen and oxygen atoms in total. The molecule has 1 atom stereocenters. The first-order chi connectivity index (χ1) is 7.11. The van der Waals surface area contributed by atoms with Crippen LogP contribution < -0.4 is 10.5 Å². The lowest BCUT2D eigenvalue weighted by Crippen LogP contribution is -2.06. The van der Waals surface area contributed by atoms with Gasteiger partial charge in [0, 0.05) is 5.56 Å². The summed E-state index contributed by atoms with van der Waals surface area (Å²) in [5.41, 5.74) is 6.43. The summed E-state index contributed by atoms with van der Waals surface area (Å²) >= 11 is 5.79. The van der Waals surface area contributed by atoms with Crippen molar-refractivity contribution < 1.29 is 9.84 Å². The quantitative estimate of drug-likeness (QED) is 0.834. The molecule has 0 saturated carbocycles. The second kappa shape index (κ2) is 5.24. The van der Waals surface area contributed by atoms with E-state index in [1.54, 1.807) is 6.07 Å². The number of phenolic OH excluding ortho intramolecular Hbond substituents is 1. The van der Waals surface area contributed by atoms with E-state index in [1.165, 1.54) is 7.11 Å². The molecule has 0 heterocycles. The zero-order chi connectivity index (χ0) is 11.4. The minimum absolute atomic E-state index is 0.000498. The summed E-state index contributed by atoms with van der Waals surface area (Å²) in [6.45, 7) is 2.64. The topological polar surface area (TPSA) is 55.5 Å². The number of benzene rings is 1. The number of nitrogens with two attached hydrogens (primary N) is 1. The van der Waals surface area contributed by atoms with Crippen LogP contribution in [0.15, 0.2) is 12.1 Å². The Morgan fingerprint density at radius 2 is 2.20 bits per heavy atom. The molecule has 1 rings (SSSR count). The fourth-order valence-electron chi connectivity index (χ4n) is 1.57. The third-order valence-corrected chi connectivity index (χ3v) is 2.75. The Balaban J connectivity index is 3.12. The van der Waals surface area contributed by atoms with Crippen LogP contribution in [-0.4, -0.2) is 18.8 Å². The van der Waals surface area contributed by atoms with E-state index in [-0.39, 0.29) is 11.7 Å². The number of aromatic hydroxyl groups is 1. The zero-order valence-electron chi connectivity index (χ0n) is 8.96. The van der Waals surface area contributed by atoms with Gasteiger partial charge in [0.1, 0.15) is 0 Å². The summed E-state index contributed by atoms with van der Waals surface area (Å²) in [7, 11) is 1.52. The Morgan fingerprint density at radius 1 is 1.53 bits per heavy atom. The van der Waals surface area contributed by atoms with Gasteiger partial charge in [-0.15, -0.1) is 0 Å². The zero-order valence-corrected chi connectivity index (χ0v) is 9.71. The molecular weight excluding hydrogens is 214 g/mol. The van der Waals surface area contributed by atoms with Crippen molar-refractivity contribution in [2.45, 2.75) is 19.3 Å². The molecule has 0 radical (unpaired) electrons. The average molecular weight is 230 g/mol. The highest BCUT2D eigenvalue weighted by Crippen LogP contribution is 2.40. The molecule has 1 aromatic rings. The molecule has 0 aliphatic heterocycles. The van der Waals surface area contributed by atoms with Gasteiger partial charge in [0.05, 0.1) is 12.1 Å². The lowest BCUT2D eigenvalue weighted by Gasteiger charge is -2.16. The van der Waals surface area contributed by atoms with Crippen molar-refractivity contribution in [2.24, 2.45) is 5.73 Å². The lowest BCUT2D eigenvalue weighted by molar-refractivity contribution is 0.366. The molecule has 0 spiro atoms. The van der Waals surface area contributed by atoms with Crippen LogP contribution in [0.3, 0.4) is 0 Å². The fraction of sp³-hybridized carbons (Fsp3) is 0.455. The van der Waals surface area contributed by atoms with Crippen LogP contribution in [-0.2, 0) is 0 Å². The van der Waals surface area contributed by atoms with Gasteiger partial charge < -0.3 is 15.6 Å². The van der Waals surface area contributed by atoms with E-state index in [9.17, 15) is 5.11 Å². The van der Waals surface area contributed by atoms with Gasteiger partial charge >= 0.3 is 0 Å². The SMILES string of the molecule is COc1c(C(C)CCN)ccc(Cl)c1O. The van der Waals surface area contributed by atoms with Gasteiger partial charge in [-0.3, -0.25) is 0 Å². The van der Waals surface area contributed by atoms with Crippen molar-refractivity contribution in [3.63, 3.8) is 0 Å². The number of hydrogen-bond acceptors (Lipinski definition) is 3. The summed E-state index contributed by atoms with van der Waals surface area (Å²) in [6.07, 6.45) is 0.845. The van der Waals surface area contributed by atoms with Gasteiger partial charge in [0.2, 0.25) is 0 Å². The van der Waals surface area contributed by atoms with Crippen molar-refractivity contribution in [1.82, 2.24) is 0 Å². The van der Waals surface area contributed by atoms with Gasteiger partial charge in [-0.25, -0.2) is 0 Å². The monoisotopic (exact) mass is 229 g/mol. The number of rotatable bonds is 4. The summed E-state index contributed by atoms with van der Waals surface area (Å²) in [4.78, 5) is 0. The number of ether oxygens (including phenoxy) is 1.